The lowest BCUT2D eigenvalue weighted by Crippen LogP contribution is -2.55. The molecular weight excluding hydrogens is 234 g/mol. The second kappa shape index (κ2) is 4.46. The van der Waals surface area contributed by atoms with E-state index in [1.165, 1.54) is 19.3 Å². The van der Waals surface area contributed by atoms with Gasteiger partial charge in [0, 0.05) is 6.04 Å². The number of hydrogen-bond donors (Lipinski definition) is 2. The topological polar surface area (TPSA) is 32.3 Å². The summed E-state index contributed by atoms with van der Waals surface area (Å²) in [5.74, 6) is 3.91. The Labute approximate surface area is 117 Å². The van der Waals surface area contributed by atoms with Gasteiger partial charge in [-0.25, -0.2) is 0 Å². The Morgan fingerprint density at radius 3 is 2.00 bits per heavy atom. The van der Waals surface area contributed by atoms with Crippen LogP contribution in [0.15, 0.2) is 0 Å². The molecule has 5 fully saturated rings. The zero-order chi connectivity index (χ0) is 13.0. The van der Waals surface area contributed by atoms with Crippen molar-refractivity contribution in [3.8, 4) is 0 Å². The summed E-state index contributed by atoms with van der Waals surface area (Å²) in [4.78, 5) is 0. The molecule has 2 N–H and O–H groups in total. The van der Waals surface area contributed by atoms with Gasteiger partial charge in [-0.05, 0) is 93.9 Å². The zero-order valence-corrected chi connectivity index (χ0v) is 12.3. The van der Waals surface area contributed by atoms with Crippen LogP contribution in [0.3, 0.4) is 0 Å². The lowest BCUT2D eigenvalue weighted by molar-refractivity contribution is -0.0722. The first-order valence-corrected chi connectivity index (χ1v) is 8.54. The lowest BCUT2D eigenvalue weighted by atomic mass is 9.48. The van der Waals surface area contributed by atoms with Crippen molar-refractivity contribution in [3.05, 3.63) is 0 Å². The van der Waals surface area contributed by atoms with Gasteiger partial charge >= 0.3 is 0 Å². The summed E-state index contributed by atoms with van der Waals surface area (Å²) in [5, 5.41) is 13.2. The third kappa shape index (κ3) is 2.15. The molecule has 108 valence electrons. The van der Waals surface area contributed by atoms with E-state index in [0.717, 1.165) is 43.1 Å². The SMILES string of the molecule is CC(NCC1CC(O)C1)C12CC3CC(CC(C3)C1)C2. The number of nitrogens with one attached hydrogen (secondary N) is 1. The van der Waals surface area contributed by atoms with Crippen LogP contribution in [0, 0.1) is 29.1 Å². The van der Waals surface area contributed by atoms with Gasteiger partial charge in [0.15, 0.2) is 0 Å². The van der Waals surface area contributed by atoms with Crippen molar-refractivity contribution in [2.75, 3.05) is 6.54 Å². The molecule has 2 nitrogen and oxygen atoms in total. The van der Waals surface area contributed by atoms with Crippen LogP contribution in [-0.4, -0.2) is 23.8 Å². The monoisotopic (exact) mass is 263 g/mol. The standard InChI is InChI=1S/C17H29NO/c1-11(18-10-15-5-16(19)6-15)17-7-12-2-13(8-17)4-14(3-12)9-17/h11-16,18-19H,2-10H2,1H3. The predicted molar refractivity (Wildman–Crippen MR) is 76.8 cm³/mol. The molecule has 0 amide bonds. The second-order valence-electron chi connectivity index (χ2n) is 8.40. The number of hydrogen-bond acceptors (Lipinski definition) is 2. The third-order valence-corrected chi connectivity index (χ3v) is 6.93. The smallest absolute Gasteiger partial charge is 0.0546 e. The molecule has 19 heavy (non-hydrogen) atoms. The van der Waals surface area contributed by atoms with Crippen LogP contribution in [0.5, 0.6) is 0 Å². The summed E-state index contributed by atoms with van der Waals surface area (Å²) < 4.78 is 0. The van der Waals surface area contributed by atoms with E-state index in [1.54, 1.807) is 19.3 Å². The van der Waals surface area contributed by atoms with Crippen molar-refractivity contribution in [2.45, 2.75) is 70.4 Å². The maximum absolute atomic E-state index is 9.39. The van der Waals surface area contributed by atoms with Crippen molar-refractivity contribution in [1.29, 1.82) is 0 Å². The molecule has 0 aromatic heterocycles. The molecule has 0 saturated heterocycles. The highest BCUT2D eigenvalue weighted by Gasteiger charge is 2.53. The number of rotatable bonds is 4. The van der Waals surface area contributed by atoms with Gasteiger partial charge in [-0.3, -0.25) is 0 Å². The van der Waals surface area contributed by atoms with Gasteiger partial charge in [-0.15, -0.1) is 0 Å². The minimum atomic E-state index is 0.00153. The molecule has 4 bridgehead atoms. The van der Waals surface area contributed by atoms with Crippen LogP contribution < -0.4 is 5.32 Å². The Balaban J connectivity index is 1.37. The van der Waals surface area contributed by atoms with Crippen LogP contribution in [-0.2, 0) is 0 Å². The largest absolute Gasteiger partial charge is 0.393 e. The average Bonchev–Trinajstić information content (AvgIpc) is 2.31. The normalized spacial score (nSPS) is 53.1. The summed E-state index contributed by atoms with van der Waals surface area (Å²) in [7, 11) is 0. The molecule has 5 aliphatic carbocycles. The minimum Gasteiger partial charge on any atom is -0.393 e. The van der Waals surface area contributed by atoms with Crippen molar-refractivity contribution < 1.29 is 5.11 Å². The van der Waals surface area contributed by atoms with Crippen molar-refractivity contribution in [3.63, 3.8) is 0 Å². The van der Waals surface area contributed by atoms with E-state index in [2.05, 4.69) is 12.2 Å². The third-order valence-electron chi connectivity index (χ3n) is 6.93. The van der Waals surface area contributed by atoms with E-state index in [0.29, 0.717) is 11.5 Å². The molecule has 0 heterocycles. The summed E-state index contributed by atoms with van der Waals surface area (Å²) in [6.07, 6.45) is 11.2. The van der Waals surface area contributed by atoms with Crippen LogP contribution in [0.25, 0.3) is 0 Å². The fraction of sp³-hybridized carbons (Fsp3) is 1.00. The van der Waals surface area contributed by atoms with Crippen molar-refractivity contribution in [1.82, 2.24) is 5.32 Å². The Kier molecular flexibility index (Phi) is 2.97. The first-order chi connectivity index (χ1) is 9.13. The summed E-state index contributed by atoms with van der Waals surface area (Å²) in [6, 6.07) is 0.693. The molecule has 1 unspecified atom stereocenters. The van der Waals surface area contributed by atoms with Gasteiger partial charge in [0.25, 0.3) is 0 Å². The van der Waals surface area contributed by atoms with Crippen molar-refractivity contribution >= 4 is 0 Å². The predicted octanol–water partition coefficient (Wildman–Crippen LogP) is 2.95. The van der Waals surface area contributed by atoms with Gasteiger partial charge in [0.1, 0.15) is 0 Å². The number of aliphatic hydroxyl groups excluding tert-OH is 1. The molecule has 5 aliphatic rings. The summed E-state index contributed by atoms with van der Waals surface area (Å²) in [6.45, 7) is 3.59. The molecule has 0 radical (unpaired) electrons. The Bertz CT molecular complexity index is 312. The quantitative estimate of drug-likeness (QED) is 0.817. The van der Waals surface area contributed by atoms with Gasteiger partial charge in [0.2, 0.25) is 0 Å². The maximum Gasteiger partial charge on any atom is 0.0546 e. The molecule has 2 heteroatoms. The zero-order valence-electron chi connectivity index (χ0n) is 12.3. The Morgan fingerprint density at radius 1 is 1.00 bits per heavy atom. The molecule has 5 saturated carbocycles. The highest BCUT2D eigenvalue weighted by Crippen LogP contribution is 2.61. The van der Waals surface area contributed by atoms with E-state index in [4.69, 9.17) is 0 Å². The fourth-order valence-electron chi connectivity index (χ4n) is 6.14. The molecule has 5 rings (SSSR count). The molecule has 1 atom stereocenters. The lowest BCUT2D eigenvalue weighted by Gasteiger charge is -2.59. The Hall–Kier alpha value is -0.0800. The van der Waals surface area contributed by atoms with Gasteiger partial charge in [-0.1, -0.05) is 0 Å². The number of aliphatic hydroxyl groups is 1. The first kappa shape index (κ1) is 12.6. The van der Waals surface area contributed by atoms with Crippen LogP contribution >= 0.6 is 0 Å². The van der Waals surface area contributed by atoms with Gasteiger partial charge in [0.05, 0.1) is 6.10 Å². The van der Waals surface area contributed by atoms with Gasteiger partial charge < -0.3 is 10.4 Å². The van der Waals surface area contributed by atoms with E-state index >= 15 is 0 Å². The molecule has 0 aromatic rings. The van der Waals surface area contributed by atoms with Crippen LogP contribution in [0.4, 0.5) is 0 Å². The van der Waals surface area contributed by atoms with Crippen LogP contribution in [0.2, 0.25) is 0 Å². The molecular formula is C17H29NO. The van der Waals surface area contributed by atoms with Crippen molar-refractivity contribution in [2.24, 2.45) is 29.1 Å². The van der Waals surface area contributed by atoms with Gasteiger partial charge in [-0.2, -0.15) is 0 Å². The van der Waals surface area contributed by atoms with E-state index in [1.807, 2.05) is 0 Å². The van der Waals surface area contributed by atoms with E-state index in [-0.39, 0.29) is 6.10 Å². The minimum absolute atomic E-state index is 0.00153. The maximum atomic E-state index is 9.39. The molecule has 0 spiro atoms. The molecule has 0 aromatic carbocycles. The van der Waals surface area contributed by atoms with E-state index < -0.39 is 0 Å². The average molecular weight is 263 g/mol. The fourth-order valence-corrected chi connectivity index (χ4v) is 6.14. The highest BCUT2D eigenvalue weighted by atomic mass is 16.3. The Morgan fingerprint density at radius 2 is 1.53 bits per heavy atom. The van der Waals surface area contributed by atoms with E-state index in [9.17, 15) is 5.11 Å². The summed E-state index contributed by atoms with van der Waals surface area (Å²) in [5.41, 5.74) is 0.636. The highest BCUT2D eigenvalue weighted by molar-refractivity contribution is 5.05. The molecule has 0 aliphatic heterocycles. The summed E-state index contributed by atoms with van der Waals surface area (Å²) >= 11 is 0. The second-order valence-corrected chi connectivity index (χ2v) is 8.40. The van der Waals surface area contributed by atoms with Crippen LogP contribution in [0.1, 0.15) is 58.3 Å². The first-order valence-electron chi connectivity index (χ1n) is 8.54.